The number of benzene rings is 1. The normalized spacial score (nSPS) is 37.6. The van der Waals surface area contributed by atoms with Crippen molar-refractivity contribution in [3.8, 4) is 0 Å². The van der Waals surface area contributed by atoms with Crippen molar-refractivity contribution in [3.63, 3.8) is 0 Å². The van der Waals surface area contributed by atoms with Crippen LogP contribution in [0.1, 0.15) is 44.1 Å². The summed E-state index contributed by atoms with van der Waals surface area (Å²) >= 11 is 0. The Kier molecular flexibility index (Phi) is 2.51. The Labute approximate surface area is 98.3 Å². The largest absolute Gasteiger partial charge is 0.311 e. The quantitative estimate of drug-likeness (QED) is 0.815. The average Bonchev–Trinajstić information content (AvgIpc) is 3.02. The molecule has 0 aromatic heterocycles. The van der Waals surface area contributed by atoms with Gasteiger partial charge in [-0.3, -0.25) is 0 Å². The van der Waals surface area contributed by atoms with E-state index >= 15 is 0 Å². The smallest absolute Gasteiger partial charge is 0.0213 e. The van der Waals surface area contributed by atoms with Crippen LogP contribution in [0.25, 0.3) is 0 Å². The molecule has 1 aromatic carbocycles. The molecule has 16 heavy (non-hydrogen) atoms. The molecule has 3 rings (SSSR count). The van der Waals surface area contributed by atoms with Crippen molar-refractivity contribution in [3.05, 3.63) is 35.9 Å². The van der Waals surface area contributed by atoms with E-state index in [1.165, 1.54) is 32.2 Å². The Balaban J connectivity index is 1.76. The molecule has 1 heteroatoms. The van der Waals surface area contributed by atoms with E-state index in [-0.39, 0.29) is 0 Å². The molecule has 0 radical (unpaired) electrons. The SMILES string of the molecule is CCC1(C2CC2c2ccccc2)CCCN1. The Morgan fingerprint density at radius 1 is 1.31 bits per heavy atom. The highest BCUT2D eigenvalue weighted by Crippen LogP contribution is 2.56. The van der Waals surface area contributed by atoms with Crippen molar-refractivity contribution in [1.82, 2.24) is 5.32 Å². The zero-order chi connectivity index (χ0) is 11.0. The van der Waals surface area contributed by atoms with Gasteiger partial charge in [0, 0.05) is 5.54 Å². The van der Waals surface area contributed by atoms with Gasteiger partial charge in [-0.05, 0) is 49.6 Å². The van der Waals surface area contributed by atoms with Crippen LogP contribution in [0, 0.1) is 5.92 Å². The van der Waals surface area contributed by atoms with E-state index in [2.05, 4.69) is 42.6 Å². The van der Waals surface area contributed by atoms with Crippen molar-refractivity contribution < 1.29 is 0 Å². The van der Waals surface area contributed by atoms with Crippen molar-refractivity contribution in [2.45, 2.75) is 44.1 Å². The first-order chi connectivity index (χ1) is 7.86. The highest BCUT2D eigenvalue weighted by atomic mass is 15.0. The molecule has 86 valence electrons. The summed E-state index contributed by atoms with van der Waals surface area (Å²) in [6.07, 6.45) is 5.44. The van der Waals surface area contributed by atoms with E-state index in [0.717, 1.165) is 11.8 Å². The highest BCUT2D eigenvalue weighted by Gasteiger charge is 2.52. The molecule has 0 spiro atoms. The molecule has 2 aliphatic rings. The minimum atomic E-state index is 0.473. The van der Waals surface area contributed by atoms with Gasteiger partial charge in [-0.1, -0.05) is 37.3 Å². The van der Waals surface area contributed by atoms with Crippen LogP contribution in [0.4, 0.5) is 0 Å². The van der Waals surface area contributed by atoms with Crippen LogP contribution in [0.3, 0.4) is 0 Å². The third-order valence-corrected chi connectivity index (χ3v) is 4.64. The number of nitrogens with one attached hydrogen (secondary N) is 1. The minimum Gasteiger partial charge on any atom is -0.311 e. The number of hydrogen-bond donors (Lipinski definition) is 1. The molecule has 1 saturated heterocycles. The van der Waals surface area contributed by atoms with E-state index in [1.807, 2.05) is 0 Å². The second kappa shape index (κ2) is 3.89. The van der Waals surface area contributed by atoms with E-state index in [9.17, 15) is 0 Å². The van der Waals surface area contributed by atoms with Gasteiger partial charge in [-0.2, -0.15) is 0 Å². The van der Waals surface area contributed by atoms with Crippen LogP contribution in [-0.2, 0) is 0 Å². The molecular weight excluding hydrogens is 194 g/mol. The lowest BCUT2D eigenvalue weighted by Gasteiger charge is -2.29. The van der Waals surface area contributed by atoms with Gasteiger partial charge in [0.25, 0.3) is 0 Å². The molecule has 2 fully saturated rings. The van der Waals surface area contributed by atoms with Crippen LogP contribution in [0.5, 0.6) is 0 Å². The Hall–Kier alpha value is -0.820. The predicted octanol–water partition coefficient (Wildman–Crippen LogP) is 3.32. The molecule has 3 atom stereocenters. The Morgan fingerprint density at radius 3 is 2.75 bits per heavy atom. The molecule has 1 N–H and O–H groups in total. The Morgan fingerprint density at radius 2 is 2.12 bits per heavy atom. The van der Waals surface area contributed by atoms with Gasteiger partial charge in [-0.15, -0.1) is 0 Å². The van der Waals surface area contributed by atoms with Gasteiger partial charge in [0.2, 0.25) is 0 Å². The van der Waals surface area contributed by atoms with Crippen LogP contribution < -0.4 is 5.32 Å². The molecule has 1 saturated carbocycles. The lowest BCUT2D eigenvalue weighted by atomic mass is 9.86. The maximum atomic E-state index is 3.78. The lowest BCUT2D eigenvalue weighted by molar-refractivity contribution is 0.309. The molecule has 1 heterocycles. The number of rotatable bonds is 3. The summed E-state index contributed by atoms with van der Waals surface area (Å²) in [6, 6.07) is 11.0. The summed E-state index contributed by atoms with van der Waals surface area (Å²) in [4.78, 5) is 0. The maximum absolute atomic E-state index is 3.78. The summed E-state index contributed by atoms with van der Waals surface area (Å²) in [5, 5.41) is 3.78. The lowest BCUT2D eigenvalue weighted by Crippen LogP contribution is -2.41. The molecular formula is C15H21N. The van der Waals surface area contributed by atoms with E-state index in [4.69, 9.17) is 0 Å². The van der Waals surface area contributed by atoms with Crippen LogP contribution in [0.15, 0.2) is 30.3 Å². The van der Waals surface area contributed by atoms with Crippen LogP contribution in [0.2, 0.25) is 0 Å². The van der Waals surface area contributed by atoms with Gasteiger partial charge in [0.15, 0.2) is 0 Å². The second-order valence-corrected chi connectivity index (χ2v) is 5.40. The standard InChI is InChI=1S/C15H21N/c1-2-15(9-6-10-16-15)14-11-13(14)12-7-4-3-5-8-12/h3-5,7-8,13-14,16H,2,6,9-11H2,1H3. The fourth-order valence-electron chi connectivity index (χ4n) is 3.58. The molecule has 1 aromatic rings. The van der Waals surface area contributed by atoms with Crippen molar-refractivity contribution in [2.24, 2.45) is 5.92 Å². The van der Waals surface area contributed by atoms with Gasteiger partial charge >= 0.3 is 0 Å². The zero-order valence-electron chi connectivity index (χ0n) is 10.1. The van der Waals surface area contributed by atoms with E-state index < -0.39 is 0 Å². The van der Waals surface area contributed by atoms with E-state index in [0.29, 0.717) is 5.54 Å². The monoisotopic (exact) mass is 215 g/mol. The second-order valence-electron chi connectivity index (χ2n) is 5.40. The first-order valence-electron chi connectivity index (χ1n) is 6.66. The molecule has 1 aliphatic heterocycles. The van der Waals surface area contributed by atoms with Crippen LogP contribution in [-0.4, -0.2) is 12.1 Å². The zero-order valence-corrected chi connectivity index (χ0v) is 10.1. The maximum Gasteiger partial charge on any atom is 0.0213 e. The van der Waals surface area contributed by atoms with Crippen LogP contribution >= 0.6 is 0 Å². The first-order valence-corrected chi connectivity index (χ1v) is 6.66. The third kappa shape index (κ3) is 1.58. The molecule has 1 nitrogen and oxygen atoms in total. The van der Waals surface area contributed by atoms with Gasteiger partial charge < -0.3 is 5.32 Å². The van der Waals surface area contributed by atoms with E-state index in [1.54, 1.807) is 5.56 Å². The van der Waals surface area contributed by atoms with Gasteiger partial charge in [0.1, 0.15) is 0 Å². The predicted molar refractivity (Wildman–Crippen MR) is 67.5 cm³/mol. The summed E-state index contributed by atoms with van der Waals surface area (Å²) in [6.45, 7) is 3.57. The summed E-state index contributed by atoms with van der Waals surface area (Å²) < 4.78 is 0. The molecule has 1 aliphatic carbocycles. The summed E-state index contributed by atoms with van der Waals surface area (Å²) in [5.74, 6) is 1.72. The van der Waals surface area contributed by atoms with Crippen molar-refractivity contribution in [2.75, 3.05) is 6.54 Å². The molecule has 0 bridgehead atoms. The minimum absolute atomic E-state index is 0.473. The highest BCUT2D eigenvalue weighted by molar-refractivity contribution is 5.28. The number of hydrogen-bond acceptors (Lipinski definition) is 1. The first kappa shape index (κ1) is 10.3. The van der Waals surface area contributed by atoms with Gasteiger partial charge in [0.05, 0.1) is 0 Å². The van der Waals surface area contributed by atoms with Gasteiger partial charge in [-0.25, -0.2) is 0 Å². The van der Waals surface area contributed by atoms with Crippen molar-refractivity contribution in [1.29, 1.82) is 0 Å². The topological polar surface area (TPSA) is 12.0 Å². The molecule has 0 amide bonds. The molecule has 3 unspecified atom stereocenters. The fourth-order valence-corrected chi connectivity index (χ4v) is 3.58. The summed E-state index contributed by atoms with van der Waals surface area (Å²) in [7, 11) is 0. The fraction of sp³-hybridized carbons (Fsp3) is 0.600. The Bertz CT molecular complexity index is 351. The third-order valence-electron chi connectivity index (χ3n) is 4.64. The van der Waals surface area contributed by atoms with Crippen molar-refractivity contribution >= 4 is 0 Å². The average molecular weight is 215 g/mol. The summed E-state index contributed by atoms with van der Waals surface area (Å²) in [5.41, 5.74) is 2.02.